The first-order valence-electron chi connectivity index (χ1n) is 14.5. The second-order valence-electron chi connectivity index (χ2n) is 9.04. The first kappa shape index (κ1) is 49.4. The summed E-state index contributed by atoms with van der Waals surface area (Å²) in [5.41, 5.74) is 1.32. The molecular formula is C33H58O10. The molecule has 1 aromatic rings. The van der Waals surface area contributed by atoms with E-state index in [0.717, 1.165) is 39.3 Å². The smallest absolute Gasteiger partial charge is 0.302 e. The Kier molecular flexibility index (Phi) is 47.0. The van der Waals surface area contributed by atoms with Gasteiger partial charge in [0, 0.05) is 20.3 Å². The van der Waals surface area contributed by atoms with Gasteiger partial charge in [-0.05, 0) is 54.9 Å². The van der Waals surface area contributed by atoms with Gasteiger partial charge in [0.25, 0.3) is 0 Å². The van der Waals surface area contributed by atoms with Crippen molar-refractivity contribution in [2.45, 2.75) is 102 Å². The van der Waals surface area contributed by atoms with Gasteiger partial charge in [0.2, 0.25) is 0 Å². The van der Waals surface area contributed by atoms with E-state index in [1.807, 2.05) is 25.1 Å². The summed E-state index contributed by atoms with van der Waals surface area (Å²) in [6, 6.07) is 10.3. The van der Waals surface area contributed by atoms with Crippen LogP contribution < -0.4 is 0 Å². The number of Topliss-reactive ketones (excluding diaryl/α,β-unsaturated/α-hetero) is 4. The average Bonchev–Trinajstić information content (AvgIpc) is 2.91. The van der Waals surface area contributed by atoms with E-state index < -0.39 is 0 Å². The van der Waals surface area contributed by atoms with Crippen LogP contribution in [0, 0.1) is 6.92 Å². The molecule has 0 radical (unpaired) electrons. The fourth-order valence-corrected chi connectivity index (χ4v) is 1.89. The second kappa shape index (κ2) is 40.9. The maximum absolute atomic E-state index is 10.1. The molecule has 10 heteroatoms. The zero-order chi connectivity index (χ0) is 34.5. The van der Waals surface area contributed by atoms with Gasteiger partial charge in [0.1, 0.15) is 23.1 Å². The fraction of sp³-hybridized carbons (Fsp3) is 0.636. The summed E-state index contributed by atoms with van der Waals surface area (Å²) < 4.78 is 18.9. The molecule has 250 valence electrons. The highest BCUT2D eigenvalue weighted by molar-refractivity contribution is 5.96. The maximum atomic E-state index is 10.1. The van der Waals surface area contributed by atoms with Crippen molar-refractivity contribution >= 4 is 35.1 Å². The van der Waals surface area contributed by atoms with E-state index in [1.54, 1.807) is 13.8 Å². The lowest BCUT2D eigenvalue weighted by Gasteiger charge is -2.09. The largest absolute Gasteiger partial charge is 0.466 e. The number of carbonyl (C=O) groups is 6. The molecule has 0 amide bonds. The molecule has 0 unspecified atom stereocenters. The lowest BCUT2D eigenvalue weighted by atomic mass is 10.2. The van der Waals surface area contributed by atoms with Gasteiger partial charge in [-0.25, -0.2) is 0 Å². The lowest BCUT2D eigenvalue weighted by molar-refractivity contribution is -0.141. The minimum atomic E-state index is -0.211. The van der Waals surface area contributed by atoms with Gasteiger partial charge in [-0.1, -0.05) is 56.2 Å². The van der Waals surface area contributed by atoms with E-state index in [9.17, 15) is 28.8 Å². The van der Waals surface area contributed by atoms with Crippen LogP contribution in [0.25, 0.3) is 0 Å². The number of ether oxygens (including phenoxy) is 4. The predicted molar refractivity (Wildman–Crippen MR) is 170 cm³/mol. The zero-order valence-corrected chi connectivity index (χ0v) is 28.5. The lowest BCUT2D eigenvalue weighted by Crippen LogP contribution is -2.16. The number of ketones is 4. The minimum absolute atomic E-state index is 0.0625. The summed E-state index contributed by atoms with van der Waals surface area (Å²) in [7, 11) is 0. The highest BCUT2D eigenvalue weighted by Gasteiger charge is 1.95. The number of esters is 2. The first-order chi connectivity index (χ1) is 20.1. The quantitative estimate of drug-likeness (QED) is 0.202. The monoisotopic (exact) mass is 614 g/mol. The Morgan fingerprint density at radius 3 is 1.16 bits per heavy atom. The van der Waals surface area contributed by atoms with Crippen LogP contribution in [-0.2, 0) is 47.7 Å². The van der Waals surface area contributed by atoms with Crippen LogP contribution in [0.2, 0.25) is 0 Å². The summed E-state index contributed by atoms with van der Waals surface area (Å²) in [4.78, 5) is 59.2. The van der Waals surface area contributed by atoms with E-state index in [-0.39, 0.29) is 41.5 Å². The average molecular weight is 615 g/mol. The van der Waals surface area contributed by atoms with Crippen molar-refractivity contribution < 1.29 is 47.7 Å². The Morgan fingerprint density at radius 2 is 1.02 bits per heavy atom. The van der Waals surface area contributed by atoms with Crippen molar-refractivity contribution in [1.82, 2.24) is 0 Å². The number of carbonyl (C=O) groups excluding carboxylic acids is 6. The third-order valence-electron chi connectivity index (χ3n) is 3.83. The Bertz CT molecular complexity index is 789. The van der Waals surface area contributed by atoms with Crippen LogP contribution in [0.1, 0.15) is 100 Å². The normalized spacial score (nSPS) is 10.3. The molecule has 1 aliphatic heterocycles. The molecule has 0 aromatic heterocycles. The van der Waals surface area contributed by atoms with Crippen LogP contribution in [0.3, 0.4) is 0 Å². The van der Waals surface area contributed by atoms with Gasteiger partial charge >= 0.3 is 11.9 Å². The molecule has 1 saturated heterocycles. The van der Waals surface area contributed by atoms with E-state index in [2.05, 4.69) is 35.5 Å². The summed E-state index contributed by atoms with van der Waals surface area (Å²) >= 11 is 0. The topological polar surface area (TPSA) is 139 Å². The van der Waals surface area contributed by atoms with Gasteiger partial charge in [0.15, 0.2) is 0 Å². The van der Waals surface area contributed by atoms with Crippen LogP contribution in [0.4, 0.5) is 0 Å². The number of aryl methyl sites for hydroxylation is 1. The molecule has 0 aliphatic carbocycles. The molecule has 1 fully saturated rings. The molecule has 43 heavy (non-hydrogen) atoms. The van der Waals surface area contributed by atoms with Crippen LogP contribution in [0.15, 0.2) is 30.3 Å². The minimum Gasteiger partial charge on any atom is -0.466 e. The molecule has 0 N–H and O–H groups in total. The summed E-state index contributed by atoms with van der Waals surface area (Å²) in [5.74, 6) is -0.0963. The number of hydrogen-bond donors (Lipinski definition) is 0. The number of benzene rings is 1. The molecule has 0 bridgehead atoms. The molecule has 0 atom stereocenters. The fourth-order valence-electron chi connectivity index (χ4n) is 1.89. The Balaban J connectivity index is -0.000000132. The SMILES string of the molecule is C1COCCO1.CC(=O)CC(C)=O.CC(C)=O.CCC(C)=O.CCCCOC(C)=O.CCOC(C)=O.Cc1ccccc1. The summed E-state index contributed by atoms with van der Waals surface area (Å²) in [6.07, 6.45) is 2.80. The Hall–Kier alpha value is -3.24. The molecular weight excluding hydrogens is 556 g/mol. The van der Waals surface area contributed by atoms with E-state index >= 15 is 0 Å². The van der Waals surface area contributed by atoms with Crippen molar-refractivity contribution in [3.63, 3.8) is 0 Å². The van der Waals surface area contributed by atoms with Gasteiger partial charge < -0.3 is 28.5 Å². The molecule has 0 spiro atoms. The first-order valence-corrected chi connectivity index (χ1v) is 14.5. The van der Waals surface area contributed by atoms with E-state index in [1.165, 1.54) is 47.1 Å². The Labute approximate surface area is 260 Å². The number of hydrogen-bond acceptors (Lipinski definition) is 10. The molecule has 1 aliphatic rings. The molecule has 10 nitrogen and oxygen atoms in total. The highest BCUT2D eigenvalue weighted by atomic mass is 16.6. The third-order valence-corrected chi connectivity index (χ3v) is 3.83. The van der Waals surface area contributed by atoms with Gasteiger partial charge in [-0.2, -0.15) is 0 Å². The van der Waals surface area contributed by atoms with Crippen molar-refractivity contribution in [2.24, 2.45) is 0 Å². The maximum Gasteiger partial charge on any atom is 0.302 e. The zero-order valence-electron chi connectivity index (χ0n) is 28.5. The molecule has 2 rings (SSSR count). The molecule has 1 heterocycles. The number of rotatable bonds is 7. The third kappa shape index (κ3) is 85.4. The standard InChI is InChI=1S/C7H8.C6H12O2.C5H8O2.2C4H8O2.C4H8O.C3H6O/c1-7-5-3-2-4-6-7;1-3-4-5-8-6(2)7;1-4(6)3-5(2)7;1-2-6-4-3-5-1;1-3-6-4(2)5;1-3-4(2)5;1-3(2)4/h2-6H,1H3;3-5H2,1-2H3;3H2,1-2H3;1-4H2;3H2,1-2H3;3H2,1-2H3;1-2H3. The van der Waals surface area contributed by atoms with Gasteiger partial charge in [-0.3, -0.25) is 19.2 Å². The van der Waals surface area contributed by atoms with E-state index in [4.69, 9.17) is 9.47 Å². The number of unbranched alkanes of at least 4 members (excludes halogenated alkanes) is 1. The van der Waals surface area contributed by atoms with Crippen molar-refractivity contribution in [2.75, 3.05) is 39.6 Å². The Morgan fingerprint density at radius 1 is 0.651 bits per heavy atom. The van der Waals surface area contributed by atoms with Gasteiger partial charge in [0.05, 0.1) is 46.1 Å². The highest BCUT2D eigenvalue weighted by Crippen LogP contribution is 1.92. The molecule has 1 aromatic carbocycles. The second-order valence-corrected chi connectivity index (χ2v) is 9.04. The van der Waals surface area contributed by atoms with Gasteiger partial charge in [-0.15, -0.1) is 0 Å². The van der Waals surface area contributed by atoms with E-state index in [0.29, 0.717) is 19.6 Å². The van der Waals surface area contributed by atoms with Crippen LogP contribution in [0.5, 0.6) is 0 Å². The molecule has 0 saturated carbocycles. The van der Waals surface area contributed by atoms with Crippen molar-refractivity contribution in [3.8, 4) is 0 Å². The van der Waals surface area contributed by atoms with Crippen LogP contribution >= 0.6 is 0 Å². The van der Waals surface area contributed by atoms with Crippen LogP contribution in [-0.4, -0.2) is 74.7 Å². The van der Waals surface area contributed by atoms with Crippen molar-refractivity contribution in [1.29, 1.82) is 0 Å². The summed E-state index contributed by atoms with van der Waals surface area (Å²) in [5, 5.41) is 0. The predicted octanol–water partition coefficient (Wildman–Crippen LogP) is 6.08. The van der Waals surface area contributed by atoms with Crippen molar-refractivity contribution in [3.05, 3.63) is 35.9 Å². The summed E-state index contributed by atoms with van der Waals surface area (Å²) in [6.45, 7) is 22.2.